The van der Waals surface area contributed by atoms with Gasteiger partial charge in [0.05, 0.1) is 11.1 Å². The summed E-state index contributed by atoms with van der Waals surface area (Å²) in [5.41, 5.74) is 3.43. The first kappa shape index (κ1) is 22.1. The van der Waals surface area contributed by atoms with Crippen LogP contribution in [0.3, 0.4) is 0 Å². The highest BCUT2D eigenvalue weighted by molar-refractivity contribution is 6.05. The lowest BCUT2D eigenvalue weighted by Gasteiger charge is -2.26. The van der Waals surface area contributed by atoms with Crippen LogP contribution in [-0.4, -0.2) is 23.0 Å². The number of hydrogen-bond donors (Lipinski definition) is 0. The van der Waals surface area contributed by atoms with Crippen molar-refractivity contribution in [3.8, 4) is 11.5 Å². The van der Waals surface area contributed by atoms with E-state index in [-0.39, 0.29) is 11.5 Å². The van der Waals surface area contributed by atoms with Gasteiger partial charge in [-0.05, 0) is 55.5 Å². The number of esters is 1. The molecule has 35 heavy (non-hydrogen) atoms. The first-order valence-electron chi connectivity index (χ1n) is 11.2. The van der Waals surface area contributed by atoms with Crippen molar-refractivity contribution in [2.45, 2.75) is 13.0 Å². The van der Waals surface area contributed by atoms with E-state index in [1.165, 1.54) is 0 Å². The zero-order valence-electron chi connectivity index (χ0n) is 19.0. The zero-order valence-corrected chi connectivity index (χ0v) is 19.0. The molecule has 6 nitrogen and oxygen atoms in total. The van der Waals surface area contributed by atoms with E-state index in [1.54, 1.807) is 36.1 Å². The highest BCUT2D eigenvalue weighted by atomic mass is 16.5. The molecule has 0 radical (unpaired) electrons. The Kier molecular flexibility index (Phi) is 6.09. The Labute approximate surface area is 202 Å². The van der Waals surface area contributed by atoms with Crippen LogP contribution in [0.15, 0.2) is 114 Å². The van der Waals surface area contributed by atoms with Gasteiger partial charge < -0.3 is 9.15 Å². The quantitative estimate of drug-likeness (QED) is 0.273. The summed E-state index contributed by atoms with van der Waals surface area (Å²) < 4.78 is 11.5. The Morgan fingerprint density at radius 2 is 1.34 bits per heavy atom. The van der Waals surface area contributed by atoms with Gasteiger partial charge in [0.15, 0.2) is 11.7 Å². The molecular weight excluding hydrogens is 440 g/mol. The molecule has 5 rings (SSSR count). The number of carbonyl (C=O) groups excluding carboxylic acids is 2. The molecule has 0 aliphatic heterocycles. The van der Waals surface area contributed by atoms with Gasteiger partial charge >= 0.3 is 5.97 Å². The molecule has 0 spiro atoms. The van der Waals surface area contributed by atoms with Gasteiger partial charge in [0.25, 0.3) is 5.91 Å². The number of aromatic nitrogens is 1. The van der Waals surface area contributed by atoms with E-state index < -0.39 is 12.1 Å². The van der Waals surface area contributed by atoms with Crippen molar-refractivity contribution in [2.24, 2.45) is 0 Å². The number of carbonyl (C=O) groups is 2. The van der Waals surface area contributed by atoms with Gasteiger partial charge in [0.2, 0.25) is 5.89 Å². The van der Waals surface area contributed by atoms with Crippen molar-refractivity contribution >= 4 is 34.4 Å². The van der Waals surface area contributed by atoms with Gasteiger partial charge in [-0.1, -0.05) is 60.7 Å². The lowest BCUT2D eigenvalue weighted by molar-refractivity contribution is -0.125. The molecule has 5 aromatic rings. The maximum atomic E-state index is 13.5. The van der Waals surface area contributed by atoms with Crippen molar-refractivity contribution in [2.75, 3.05) is 4.90 Å². The van der Waals surface area contributed by atoms with Crippen LogP contribution in [0.4, 0.5) is 11.4 Å². The minimum absolute atomic E-state index is 0.268. The number of amides is 1. The molecule has 0 bridgehead atoms. The standard InChI is InChI=1S/C29H22N2O4/c1-20(28(32)31(21-12-4-2-5-13-21)22-14-6-3-7-15-22)34-29(33)24-17-9-8-16-23(24)27-30-25-18-10-11-19-26(25)35-27/h2-20H,1H3. The van der Waals surface area contributed by atoms with E-state index in [9.17, 15) is 9.59 Å². The topological polar surface area (TPSA) is 72.6 Å². The largest absolute Gasteiger partial charge is 0.449 e. The fourth-order valence-electron chi connectivity index (χ4n) is 3.85. The lowest BCUT2D eigenvalue weighted by atomic mass is 10.1. The predicted molar refractivity (Wildman–Crippen MR) is 134 cm³/mol. The van der Waals surface area contributed by atoms with Crippen LogP contribution in [-0.2, 0) is 9.53 Å². The second-order valence-corrected chi connectivity index (χ2v) is 7.92. The third-order valence-electron chi connectivity index (χ3n) is 5.55. The van der Waals surface area contributed by atoms with Crippen LogP contribution < -0.4 is 4.90 Å². The Morgan fingerprint density at radius 3 is 2.00 bits per heavy atom. The number of oxazole rings is 1. The Hall–Kier alpha value is -4.71. The minimum atomic E-state index is -1.04. The fraction of sp³-hybridized carbons (Fsp3) is 0.0690. The fourth-order valence-corrected chi connectivity index (χ4v) is 3.85. The number of nitrogens with zero attached hydrogens (tertiary/aromatic N) is 2. The van der Waals surface area contributed by atoms with E-state index in [0.717, 1.165) is 0 Å². The van der Waals surface area contributed by atoms with E-state index >= 15 is 0 Å². The highest BCUT2D eigenvalue weighted by Crippen LogP contribution is 2.29. The van der Waals surface area contributed by atoms with Gasteiger partial charge in [0.1, 0.15) is 5.52 Å². The molecule has 0 aliphatic carbocycles. The van der Waals surface area contributed by atoms with Crippen molar-refractivity contribution < 1.29 is 18.7 Å². The van der Waals surface area contributed by atoms with Gasteiger partial charge in [0, 0.05) is 11.4 Å². The minimum Gasteiger partial charge on any atom is -0.449 e. The summed E-state index contributed by atoms with van der Waals surface area (Å²) in [4.78, 5) is 32.7. The van der Waals surface area contributed by atoms with Crippen molar-refractivity contribution in [1.82, 2.24) is 4.98 Å². The first-order chi connectivity index (χ1) is 17.1. The normalized spacial score (nSPS) is 11.7. The molecule has 0 saturated heterocycles. The second-order valence-electron chi connectivity index (χ2n) is 7.92. The molecule has 1 heterocycles. The molecule has 6 heteroatoms. The Morgan fingerprint density at radius 1 is 0.771 bits per heavy atom. The number of ether oxygens (including phenoxy) is 1. The summed E-state index contributed by atoms with van der Waals surface area (Å²) in [6, 6.07) is 32.8. The molecule has 0 saturated carbocycles. The van der Waals surface area contributed by atoms with Crippen LogP contribution in [0.25, 0.3) is 22.6 Å². The molecule has 4 aromatic carbocycles. The van der Waals surface area contributed by atoms with E-state index in [0.29, 0.717) is 33.9 Å². The van der Waals surface area contributed by atoms with Crippen molar-refractivity contribution in [1.29, 1.82) is 0 Å². The molecule has 1 atom stereocenters. The molecule has 1 amide bonds. The molecule has 1 unspecified atom stereocenters. The van der Waals surface area contributed by atoms with Gasteiger partial charge in [-0.2, -0.15) is 0 Å². The molecule has 1 aromatic heterocycles. The average molecular weight is 463 g/mol. The van der Waals surface area contributed by atoms with Crippen molar-refractivity contribution in [3.05, 3.63) is 115 Å². The number of benzene rings is 4. The SMILES string of the molecule is CC(OC(=O)c1ccccc1-c1nc2ccccc2o1)C(=O)N(c1ccccc1)c1ccccc1. The van der Waals surface area contributed by atoms with Gasteiger partial charge in [-0.25, -0.2) is 9.78 Å². The molecule has 0 fully saturated rings. The van der Waals surface area contributed by atoms with Crippen molar-refractivity contribution in [3.63, 3.8) is 0 Å². The molecule has 0 aliphatic rings. The molecule has 172 valence electrons. The highest BCUT2D eigenvalue weighted by Gasteiger charge is 2.28. The summed E-state index contributed by atoms with van der Waals surface area (Å²) in [6.45, 7) is 1.57. The zero-order chi connectivity index (χ0) is 24.2. The number of hydrogen-bond acceptors (Lipinski definition) is 5. The number of rotatable bonds is 6. The van der Waals surface area contributed by atoms with E-state index in [4.69, 9.17) is 9.15 Å². The maximum Gasteiger partial charge on any atom is 0.339 e. The summed E-state index contributed by atoms with van der Waals surface area (Å²) in [5, 5.41) is 0. The van der Waals surface area contributed by atoms with E-state index in [1.807, 2.05) is 84.9 Å². The van der Waals surface area contributed by atoms with Gasteiger partial charge in [-0.3, -0.25) is 9.69 Å². The Bertz CT molecular complexity index is 1410. The van der Waals surface area contributed by atoms with Crippen LogP contribution in [0.5, 0.6) is 0 Å². The van der Waals surface area contributed by atoms with Gasteiger partial charge in [-0.15, -0.1) is 0 Å². The van der Waals surface area contributed by atoms with Crippen LogP contribution in [0.1, 0.15) is 17.3 Å². The maximum absolute atomic E-state index is 13.5. The lowest BCUT2D eigenvalue weighted by Crippen LogP contribution is -2.37. The third kappa shape index (κ3) is 4.54. The smallest absolute Gasteiger partial charge is 0.339 e. The molecule has 0 N–H and O–H groups in total. The summed E-state index contributed by atoms with van der Waals surface area (Å²) in [5.74, 6) is -0.687. The summed E-state index contributed by atoms with van der Waals surface area (Å²) >= 11 is 0. The number of para-hydroxylation sites is 4. The third-order valence-corrected chi connectivity index (χ3v) is 5.55. The Balaban J connectivity index is 1.42. The monoisotopic (exact) mass is 462 g/mol. The van der Waals surface area contributed by atoms with Crippen LogP contribution in [0, 0.1) is 0 Å². The number of fused-ring (bicyclic) bond motifs is 1. The predicted octanol–water partition coefficient (Wildman–Crippen LogP) is 6.41. The summed E-state index contributed by atoms with van der Waals surface area (Å²) in [7, 11) is 0. The average Bonchev–Trinajstić information content (AvgIpc) is 3.34. The summed E-state index contributed by atoms with van der Waals surface area (Å²) in [6.07, 6.45) is -1.04. The first-order valence-corrected chi connectivity index (χ1v) is 11.2. The number of anilines is 2. The van der Waals surface area contributed by atoms with E-state index in [2.05, 4.69) is 4.98 Å². The molecular formula is C29H22N2O4. The van der Waals surface area contributed by atoms with Crippen LogP contribution >= 0.6 is 0 Å². The van der Waals surface area contributed by atoms with Crippen LogP contribution in [0.2, 0.25) is 0 Å². The second kappa shape index (κ2) is 9.65.